The second kappa shape index (κ2) is 7.56. The first-order valence-corrected chi connectivity index (χ1v) is 9.73. The maximum absolute atomic E-state index is 13.5. The van der Waals surface area contributed by atoms with E-state index < -0.39 is 12.2 Å². The molecule has 0 saturated heterocycles. The van der Waals surface area contributed by atoms with Gasteiger partial charge in [-0.1, -0.05) is 6.08 Å². The van der Waals surface area contributed by atoms with Crippen LogP contribution < -0.4 is 0 Å². The van der Waals surface area contributed by atoms with Crippen LogP contribution in [0, 0.1) is 5.92 Å². The minimum Gasteiger partial charge on any atom is -0.498 e. The number of allylic oxidation sites excluding steroid dienone is 2. The molecule has 9 heteroatoms. The summed E-state index contributed by atoms with van der Waals surface area (Å²) in [6.07, 6.45) is 12.3. The van der Waals surface area contributed by atoms with Gasteiger partial charge < -0.3 is 9.47 Å². The average molecular weight is 411 g/mol. The second-order valence-electron chi connectivity index (χ2n) is 7.41. The summed E-state index contributed by atoms with van der Waals surface area (Å²) in [6.45, 7) is -2.40. The summed E-state index contributed by atoms with van der Waals surface area (Å²) in [5.74, 6) is 1.83. The van der Waals surface area contributed by atoms with Gasteiger partial charge in [-0.3, -0.25) is 4.98 Å². The summed E-state index contributed by atoms with van der Waals surface area (Å²) in [6, 6.07) is 5.21. The summed E-state index contributed by atoms with van der Waals surface area (Å²) in [5.41, 5.74) is -0.360. The Morgan fingerprint density at radius 1 is 1.23 bits per heavy atom. The van der Waals surface area contributed by atoms with Gasteiger partial charge in [0.05, 0.1) is 18.1 Å². The lowest BCUT2D eigenvalue weighted by Crippen LogP contribution is -2.34. The first-order valence-electron chi connectivity index (χ1n) is 9.73. The number of nitrogens with zero attached hydrogens (tertiary/aromatic N) is 5. The van der Waals surface area contributed by atoms with E-state index in [1.807, 2.05) is 6.07 Å². The van der Waals surface area contributed by atoms with Crippen LogP contribution in [-0.4, -0.2) is 37.8 Å². The molecule has 1 fully saturated rings. The van der Waals surface area contributed by atoms with Gasteiger partial charge in [0, 0.05) is 30.6 Å². The molecular weight excluding hydrogens is 392 g/mol. The summed E-state index contributed by atoms with van der Waals surface area (Å²) in [7, 11) is 0. The summed E-state index contributed by atoms with van der Waals surface area (Å²) in [4.78, 5) is 12.7. The molecule has 5 rings (SSSR count). The third kappa shape index (κ3) is 3.68. The molecule has 0 aromatic carbocycles. The molecule has 1 unspecified atom stereocenters. The first-order chi connectivity index (χ1) is 14.6. The Hall–Kier alpha value is -3.20. The number of halogens is 2. The highest BCUT2D eigenvalue weighted by Gasteiger charge is 2.40. The number of hydrogen-bond donors (Lipinski definition) is 0. The molecule has 30 heavy (non-hydrogen) atoms. The molecule has 0 spiro atoms. The van der Waals surface area contributed by atoms with Crippen LogP contribution in [0.2, 0.25) is 0 Å². The normalized spacial score (nSPS) is 21.2. The largest absolute Gasteiger partial charge is 0.498 e. The summed E-state index contributed by atoms with van der Waals surface area (Å²) < 4.78 is 39.5. The van der Waals surface area contributed by atoms with E-state index in [1.165, 1.54) is 10.7 Å². The summed E-state index contributed by atoms with van der Waals surface area (Å²) in [5, 5.41) is 4.50. The van der Waals surface area contributed by atoms with Crippen molar-refractivity contribution in [2.75, 3.05) is 6.61 Å². The van der Waals surface area contributed by atoms with E-state index in [2.05, 4.69) is 20.1 Å². The number of fused-ring (bicyclic) bond motifs is 1. The maximum Gasteiger partial charge on any atom is 0.346 e. The Kier molecular flexibility index (Phi) is 4.74. The van der Waals surface area contributed by atoms with Crippen LogP contribution in [0.5, 0.6) is 0 Å². The van der Waals surface area contributed by atoms with Crippen LogP contribution >= 0.6 is 0 Å². The number of rotatable bonds is 7. The summed E-state index contributed by atoms with van der Waals surface area (Å²) >= 11 is 0. The quantitative estimate of drug-likeness (QED) is 0.587. The van der Waals surface area contributed by atoms with Crippen molar-refractivity contribution in [2.45, 2.75) is 31.5 Å². The zero-order valence-corrected chi connectivity index (χ0v) is 16.0. The van der Waals surface area contributed by atoms with Crippen LogP contribution in [0.1, 0.15) is 25.0 Å². The van der Waals surface area contributed by atoms with Crippen molar-refractivity contribution in [3.63, 3.8) is 0 Å². The Morgan fingerprint density at radius 3 is 2.90 bits per heavy atom. The standard InChI is InChI=1S/C21H19F2N5O2/c22-19(23)30-21(8-1-4-16(11-21)29-13-14-5-6-14)17-7-10-25-20-26-18(27-28(17)20)15-3-2-9-24-12-15/h1-4,7-10,12,14,19H,5-6,11,13H2. The van der Waals surface area contributed by atoms with E-state index in [-0.39, 0.29) is 12.2 Å². The molecule has 0 bridgehead atoms. The zero-order valence-electron chi connectivity index (χ0n) is 16.0. The molecule has 2 aliphatic rings. The predicted molar refractivity (Wildman–Crippen MR) is 103 cm³/mol. The Morgan fingerprint density at radius 2 is 2.13 bits per heavy atom. The fraction of sp³-hybridized carbons (Fsp3) is 0.333. The van der Waals surface area contributed by atoms with E-state index in [1.54, 1.807) is 42.8 Å². The third-order valence-electron chi connectivity index (χ3n) is 5.18. The molecule has 0 aliphatic heterocycles. The Bertz CT molecular complexity index is 1110. The van der Waals surface area contributed by atoms with Crippen LogP contribution in [-0.2, 0) is 15.1 Å². The molecule has 0 N–H and O–H groups in total. The fourth-order valence-electron chi connectivity index (χ4n) is 3.50. The smallest absolute Gasteiger partial charge is 0.346 e. The first kappa shape index (κ1) is 18.8. The van der Waals surface area contributed by atoms with Crippen LogP contribution in [0.25, 0.3) is 17.2 Å². The molecule has 7 nitrogen and oxygen atoms in total. The zero-order chi connectivity index (χ0) is 20.6. The highest BCUT2D eigenvalue weighted by Crippen LogP contribution is 2.39. The molecule has 1 saturated carbocycles. The minimum absolute atomic E-state index is 0.127. The van der Waals surface area contributed by atoms with Crippen LogP contribution in [0.4, 0.5) is 8.78 Å². The molecule has 154 valence electrons. The molecule has 0 amide bonds. The van der Waals surface area contributed by atoms with Crippen molar-refractivity contribution in [2.24, 2.45) is 5.92 Å². The number of hydrogen-bond acceptors (Lipinski definition) is 6. The van der Waals surface area contributed by atoms with E-state index in [4.69, 9.17) is 9.47 Å². The van der Waals surface area contributed by atoms with Crippen molar-refractivity contribution in [1.82, 2.24) is 24.6 Å². The lowest BCUT2D eigenvalue weighted by atomic mass is 9.90. The van der Waals surface area contributed by atoms with Gasteiger partial charge in [-0.05, 0) is 49.1 Å². The topological polar surface area (TPSA) is 74.4 Å². The molecule has 3 heterocycles. The van der Waals surface area contributed by atoms with Gasteiger partial charge in [-0.15, -0.1) is 5.10 Å². The fourth-order valence-corrected chi connectivity index (χ4v) is 3.50. The van der Waals surface area contributed by atoms with Gasteiger partial charge in [-0.2, -0.15) is 18.3 Å². The van der Waals surface area contributed by atoms with Gasteiger partial charge in [-0.25, -0.2) is 4.98 Å². The van der Waals surface area contributed by atoms with Crippen molar-refractivity contribution in [1.29, 1.82) is 0 Å². The van der Waals surface area contributed by atoms with Crippen molar-refractivity contribution >= 4 is 5.78 Å². The third-order valence-corrected chi connectivity index (χ3v) is 5.18. The van der Waals surface area contributed by atoms with Crippen LogP contribution in [0.3, 0.4) is 0 Å². The second-order valence-corrected chi connectivity index (χ2v) is 7.41. The highest BCUT2D eigenvalue weighted by molar-refractivity contribution is 5.55. The monoisotopic (exact) mass is 411 g/mol. The Balaban J connectivity index is 1.55. The molecule has 3 aromatic heterocycles. The van der Waals surface area contributed by atoms with Gasteiger partial charge >= 0.3 is 6.61 Å². The lowest BCUT2D eigenvalue weighted by Gasteiger charge is -2.33. The number of ether oxygens (including phenoxy) is 2. The molecule has 0 radical (unpaired) electrons. The average Bonchev–Trinajstić information content (AvgIpc) is 3.48. The van der Waals surface area contributed by atoms with Gasteiger partial charge in [0.1, 0.15) is 5.60 Å². The van der Waals surface area contributed by atoms with E-state index in [9.17, 15) is 8.78 Å². The molecule has 2 aliphatic carbocycles. The highest BCUT2D eigenvalue weighted by atomic mass is 19.3. The van der Waals surface area contributed by atoms with Gasteiger partial charge in [0.25, 0.3) is 5.78 Å². The van der Waals surface area contributed by atoms with E-state index in [0.29, 0.717) is 35.4 Å². The number of alkyl halides is 2. The van der Waals surface area contributed by atoms with Crippen molar-refractivity contribution < 1.29 is 18.3 Å². The van der Waals surface area contributed by atoms with Crippen LogP contribution in [0.15, 0.2) is 60.8 Å². The maximum atomic E-state index is 13.5. The Labute approximate surface area is 171 Å². The predicted octanol–water partition coefficient (Wildman–Crippen LogP) is 3.89. The minimum atomic E-state index is -2.98. The molecule has 1 atom stereocenters. The van der Waals surface area contributed by atoms with Crippen molar-refractivity contribution in [3.05, 3.63) is 66.5 Å². The van der Waals surface area contributed by atoms with Crippen molar-refractivity contribution in [3.8, 4) is 11.4 Å². The SMILES string of the molecule is FC(F)OC1(c2ccnc3nc(-c4cccnc4)nn23)C=CC=C(OCC2CC2)C1. The lowest BCUT2D eigenvalue weighted by molar-refractivity contribution is -0.200. The molecule has 3 aromatic rings. The molecular formula is C21H19F2N5O2. The van der Waals surface area contributed by atoms with Gasteiger partial charge in [0.2, 0.25) is 0 Å². The van der Waals surface area contributed by atoms with Gasteiger partial charge in [0.15, 0.2) is 5.82 Å². The van der Waals surface area contributed by atoms with E-state index >= 15 is 0 Å². The number of aromatic nitrogens is 5. The number of pyridine rings is 1. The van der Waals surface area contributed by atoms with E-state index in [0.717, 1.165) is 12.8 Å².